The summed E-state index contributed by atoms with van der Waals surface area (Å²) in [5, 5.41) is 3.60. The van der Waals surface area contributed by atoms with Gasteiger partial charge >= 0.3 is 0 Å². The molecule has 0 aliphatic heterocycles. The first-order chi connectivity index (χ1) is 9.72. The van der Waals surface area contributed by atoms with Crippen LogP contribution in [0.4, 0.5) is 4.39 Å². The smallest absolute Gasteiger partial charge is 0.126 e. The molecule has 1 aliphatic rings. The SMILES string of the molecule is CCNC(c1ccc(C)c(F)c1)C1CCCCCCC1. The van der Waals surface area contributed by atoms with Crippen LogP contribution in [-0.4, -0.2) is 6.54 Å². The predicted octanol–water partition coefficient (Wildman–Crippen LogP) is 5.15. The van der Waals surface area contributed by atoms with Gasteiger partial charge in [0.2, 0.25) is 0 Å². The second kappa shape index (κ2) is 7.78. The highest BCUT2D eigenvalue weighted by molar-refractivity contribution is 5.26. The summed E-state index contributed by atoms with van der Waals surface area (Å²) in [5.74, 6) is 0.577. The molecule has 2 heteroatoms. The molecule has 0 bridgehead atoms. The maximum absolute atomic E-state index is 13.9. The molecule has 0 radical (unpaired) electrons. The molecule has 1 aliphatic carbocycles. The van der Waals surface area contributed by atoms with Gasteiger partial charge in [-0.1, -0.05) is 51.2 Å². The van der Waals surface area contributed by atoms with Gasteiger partial charge in [-0.3, -0.25) is 0 Å². The number of nitrogens with one attached hydrogen (secondary N) is 1. The molecule has 0 amide bonds. The first-order valence-electron chi connectivity index (χ1n) is 8.21. The van der Waals surface area contributed by atoms with E-state index in [9.17, 15) is 4.39 Å². The van der Waals surface area contributed by atoms with Crippen LogP contribution < -0.4 is 5.32 Å². The van der Waals surface area contributed by atoms with Gasteiger partial charge in [0, 0.05) is 6.04 Å². The zero-order chi connectivity index (χ0) is 14.4. The maximum Gasteiger partial charge on any atom is 0.126 e. The second-order valence-electron chi connectivity index (χ2n) is 6.15. The van der Waals surface area contributed by atoms with Gasteiger partial charge in [-0.15, -0.1) is 0 Å². The summed E-state index contributed by atoms with van der Waals surface area (Å²) in [4.78, 5) is 0. The Hall–Kier alpha value is -0.890. The molecule has 20 heavy (non-hydrogen) atoms. The first kappa shape index (κ1) is 15.5. The van der Waals surface area contributed by atoms with Crippen molar-refractivity contribution in [1.82, 2.24) is 5.32 Å². The van der Waals surface area contributed by atoms with Gasteiger partial charge in [0.1, 0.15) is 5.82 Å². The number of rotatable bonds is 4. The second-order valence-corrected chi connectivity index (χ2v) is 6.15. The zero-order valence-corrected chi connectivity index (χ0v) is 12.9. The summed E-state index contributed by atoms with van der Waals surface area (Å²) >= 11 is 0. The van der Waals surface area contributed by atoms with Gasteiger partial charge in [0.25, 0.3) is 0 Å². The van der Waals surface area contributed by atoms with E-state index in [4.69, 9.17) is 0 Å². The third-order valence-corrected chi connectivity index (χ3v) is 4.60. The van der Waals surface area contributed by atoms with E-state index in [2.05, 4.69) is 18.3 Å². The van der Waals surface area contributed by atoms with E-state index in [0.29, 0.717) is 12.0 Å². The van der Waals surface area contributed by atoms with Crippen molar-refractivity contribution in [2.45, 2.75) is 64.8 Å². The number of hydrogen-bond acceptors (Lipinski definition) is 1. The van der Waals surface area contributed by atoms with E-state index < -0.39 is 0 Å². The average Bonchev–Trinajstić information content (AvgIpc) is 2.40. The van der Waals surface area contributed by atoms with Gasteiger partial charge in [0.05, 0.1) is 0 Å². The van der Waals surface area contributed by atoms with Crippen molar-refractivity contribution in [3.63, 3.8) is 0 Å². The van der Waals surface area contributed by atoms with Crippen LogP contribution in [0.3, 0.4) is 0 Å². The minimum Gasteiger partial charge on any atom is -0.310 e. The molecular weight excluding hydrogens is 249 g/mol. The minimum absolute atomic E-state index is 0.0729. The zero-order valence-electron chi connectivity index (χ0n) is 12.9. The van der Waals surface area contributed by atoms with Crippen LogP contribution in [0.1, 0.15) is 69.0 Å². The van der Waals surface area contributed by atoms with Crippen LogP contribution in [0.2, 0.25) is 0 Å². The fourth-order valence-corrected chi connectivity index (χ4v) is 3.40. The Bertz CT molecular complexity index is 408. The molecule has 0 spiro atoms. The lowest BCUT2D eigenvalue weighted by Crippen LogP contribution is -2.29. The summed E-state index contributed by atoms with van der Waals surface area (Å²) in [7, 11) is 0. The molecule has 1 aromatic carbocycles. The highest BCUT2D eigenvalue weighted by Crippen LogP contribution is 2.33. The van der Waals surface area contributed by atoms with Crippen LogP contribution in [-0.2, 0) is 0 Å². The van der Waals surface area contributed by atoms with Crippen molar-refractivity contribution in [1.29, 1.82) is 0 Å². The molecule has 1 unspecified atom stereocenters. The molecule has 112 valence electrons. The molecule has 1 aromatic rings. The van der Waals surface area contributed by atoms with Crippen molar-refractivity contribution in [3.05, 3.63) is 35.1 Å². The van der Waals surface area contributed by atoms with E-state index in [0.717, 1.165) is 17.7 Å². The summed E-state index contributed by atoms with van der Waals surface area (Å²) < 4.78 is 13.9. The fraction of sp³-hybridized carbons (Fsp3) is 0.667. The lowest BCUT2D eigenvalue weighted by Gasteiger charge is -2.30. The van der Waals surface area contributed by atoms with Crippen molar-refractivity contribution < 1.29 is 4.39 Å². The van der Waals surface area contributed by atoms with Crippen molar-refractivity contribution in [2.75, 3.05) is 6.54 Å². The Morgan fingerprint density at radius 3 is 2.40 bits per heavy atom. The number of hydrogen-bond donors (Lipinski definition) is 1. The molecule has 1 fully saturated rings. The Balaban J connectivity index is 2.17. The molecule has 1 atom stereocenters. The molecule has 0 saturated heterocycles. The molecule has 2 rings (SSSR count). The van der Waals surface area contributed by atoms with Crippen LogP contribution in [0.15, 0.2) is 18.2 Å². The monoisotopic (exact) mass is 277 g/mol. The highest BCUT2D eigenvalue weighted by Gasteiger charge is 2.23. The first-order valence-corrected chi connectivity index (χ1v) is 8.21. The summed E-state index contributed by atoms with van der Waals surface area (Å²) in [6.45, 7) is 4.91. The van der Waals surface area contributed by atoms with E-state index in [1.165, 1.54) is 44.9 Å². The largest absolute Gasteiger partial charge is 0.310 e. The van der Waals surface area contributed by atoms with Gasteiger partial charge < -0.3 is 5.32 Å². The topological polar surface area (TPSA) is 12.0 Å². The van der Waals surface area contributed by atoms with Crippen LogP contribution >= 0.6 is 0 Å². The Morgan fingerprint density at radius 1 is 1.15 bits per heavy atom. The minimum atomic E-state index is -0.0729. The molecule has 1 saturated carbocycles. The lowest BCUT2D eigenvalue weighted by molar-refractivity contribution is 0.291. The average molecular weight is 277 g/mol. The summed E-state index contributed by atoms with van der Waals surface area (Å²) in [5.41, 5.74) is 1.86. The molecule has 0 heterocycles. The Kier molecular flexibility index (Phi) is 6.03. The predicted molar refractivity (Wildman–Crippen MR) is 83.4 cm³/mol. The van der Waals surface area contributed by atoms with Crippen molar-refractivity contribution in [2.24, 2.45) is 5.92 Å². The number of benzene rings is 1. The quantitative estimate of drug-likeness (QED) is 0.803. The van der Waals surface area contributed by atoms with E-state index in [1.54, 1.807) is 6.07 Å². The summed E-state index contributed by atoms with van der Waals surface area (Å²) in [6, 6.07) is 6.07. The Labute approximate surface area is 123 Å². The van der Waals surface area contributed by atoms with Gasteiger partial charge in [-0.05, 0) is 49.4 Å². The summed E-state index contributed by atoms with van der Waals surface area (Å²) in [6.07, 6.45) is 9.29. The fourth-order valence-electron chi connectivity index (χ4n) is 3.40. The van der Waals surface area contributed by atoms with E-state index in [1.807, 2.05) is 13.0 Å². The molecular formula is C18H28FN. The molecule has 1 N–H and O–H groups in total. The molecule has 0 aromatic heterocycles. The third kappa shape index (κ3) is 4.05. The van der Waals surface area contributed by atoms with Gasteiger partial charge in [-0.25, -0.2) is 4.39 Å². The van der Waals surface area contributed by atoms with Gasteiger partial charge in [-0.2, -0.15) is 0 Å². The standard InChI is InChI=1S/C18H28FN/c1-3-20-18(15-9-7-5-4-6-8-10-15)16-12-11-14(2)17(19)13-16/h11-13,15,18,20H,3-10H2,1-2H3. The normalized spacial score (nSPS) is 19.4. The third-order valence-electron chi connectivity index (χ3n) is 4.60. The lowest BCUT2D eigenvalue weighted by atomic mass is 9.82. The van der Waals surface area contributed by atoms with E-state index >= 15 is 0 Å². The van der Waals surface area contributed by atoms with Crippen molar-refractivity contribution >= 4 is 0 Å². The highest BCUT2D eigenvalue weighted by atomic mass is 19.1. The number of halogens is 1. The van der Waals surface area contributed by atoms with Crippen LogP contribution in [0, 0.1) is 18.7 Å². The van der Waals surface area contributed by atoms with Crippen molar-refractivity contribution in [3.8, 4) is 0 Å². The van der Waals surface area contributed by atoms with E-state index in [-0.39, 0.29) is 5.82 Å². The Morgan fingerprint density at radius 2 is 1.80 bits per heavy atom. The maximum atomic E-state index is 13.9. The molecule has 1 nitrogen and oxygen atoms in total. The van der Waals surface area contributed by atoms with Crippen LogP contribution in [0.5, 0.6) is 0 Å². The number of aryl methyl sites for hydroxylation is 1. The van der Waals surface area contributed by atoms with Gasteiger partial charge in [0.15, 0.2) is 0 Å². The van der Waals surface area contributed by atoms with Crippen LogP contribution in [0.25, 0.3) is 0 Å².